The highest BCUT2D eigenvalue weighted by Gasteiger charge is 1.96. The van der Waals surface area contributed by atoms with Gasteiger partial charge in [-0.15, -0.1) is 0 Å². The number of hydrogen-bond donors (Lipinski definition) is 1. The third kappa shape index (κ3) is 2.60. The first-order valence-corrected chi connectivity index (χ1v) is 5.46. The Kier molecular flexibility index (Phi) is 3.19. The van der Waals surface area contributed by atoms with E-state index in [1.807, 2.05) is 6.07 Å². The van der Waals surface area contributed by atoms with Crippen LogP contribution >= 0.6 is 11.8 Å². The van der Waals surface area contributed by atoms with E-state index in [-0.39, 0.29) is 0 Å². The topological polar surface area (TPSA) is 41.6 Å². The van der Waals surface area contributed by atoms with E-state index in [1.165, 1.54) is 11.9 Å². The van der Waals surface area contributed by atoms with Gasteiger partial charge in [0, 0.05) is 5.75 Å². The molecule has 4 heteroatoms. The van der Waals surface area contributed by atoms with Crippen LogP contribution in [-0.2, 0) is 6.42 Å². The summed E-state index contributed by atoms with van der Waals surface area (Å²) in [6.07, 6.45) is 2.59. The third-order valence-corrected chi connectivity index (χ3v) is 2.74. The fraction of sp³-hybridized carbons (Fsp3) is 0.200. The van der Waals surface area contributed by atoms with Crippen LogP contribution in [0.1, 0.15) is 5.56 Å². The molecule has 72 valence electrons. The predicted molar refractivity (Wildman–Crippen MR) is 57.3 cm³/mol. The molecular weight excluding hydrogens is 194 g/mol. The zero-order valence-corrected chi connectivity index (χ0v) is 8.50. The Bertz CT molecular complexity index is 358. The van der Waals surface area contributed by atoms with Crippen molar-refractivity contribution in [3.05, 3.63) is 42.2 Å². The molecule has 1 aromatic carbocycles. The van der Waals surface area contributed by atoms with Crippen LogP contribution in [0.3, 0.4) is 0 Å². The number of benzene rings is 1. The Hall–Kier alpha value is -1.29. The molecule has 0 aliphatic carbocycles. The molecule has 0 bridgehead atoms. The van der Waals surface area contributed by atoms with Crippen LogP contribution in [-0.4, -0.2) is 20.9 Å². The number of aromatic amines is 1. The molecule has 1 N–H and O–H groups in total. The van der Waals surface area contributed by atoms with Crippen LogP contribution in [0.5, 0.6) is 0 Å². The third-order valence-electron chi connectivity index (χ3n) is 1.87. The average molecular weight is 205 g/mol. The molecule has 1 aromatic heterocycles. The fourth-order valence-electron chi connectivity index (χ4n) is 1.17. The van der Waals surface area contributed by atoms with Gasteiger partial charge in [0.2, 0.25) is 0 Å². The Morgan fingerprint density at radius 1 is 1.21 bits per heavy atom. The molecule has 3 nitrogen and oxygen atoms in total. The lowest BCUT2D eigenvalue weighted by atomic mass is 10.2. The van der Waals surface area contributed by atoms with Gasteiger partial charge in [-0.25, -0.2) is 4.98 Å². The molecule has 0 unspecified atom stereocenters. The molecule has 0 amide bonds. The van der Waals surface area contributed by atoms with Crippen molar-refractivity contribution >= 4 is 11.8 Å². The molecule has 14 heavy (non-hydrogen) atoms. The van der Waals surface area contributed by atoms with Gasteiger partial charge in [-0.1, -0.05) is 42.1 Å². The van der Waals surface area contributed by atoms with Crippen LogP contribution in [0.2, 0.25) is 0 Å². The fourth-order valence-corrected chi connectivity index (χ4v) is 1.94. The maximum atomic E-state index is 4.04. The Morgan fingerprint density at radius 3 is 2.79 bits per heavy atom. The molecule has 0 saturated carbocycles. The second kappa shape index (κ2) is 4.81. The molecule has 0 aliphatic rings. The van der Waals surface area contributed by atoms with Crippen molar-refractivity contribution in [1.82, 2.24) is 15.2 Å². The van der Waals surface area contributed by atoms with Gasteiger partial charge in [-0.2, -0.15) is 5.10 Å². The maximum Gasteiger partial charge on any atom is 0.183 e. The summed E-state index contributed by atoms with van der Waals surface area (Å²) >= 11 is 1.69. The van der Waals surface area contributed by atoms with Crippen LogP contribution in [0.15, 0.2) is 41.8 Å². The van der Waals surface area contributed by atoms with Gasteiger partial charge >= 0.3 is 0 Å². The molecule has 0 aliphatic heterocycles. The Morgan fingerprint density at radius 2 is 2.07 bits per heavy atom. The van der Waals surface area contributed by atoms with Crippen molar-refractivity contribution in [3.8, 4) is 0 Å². The monoisotopic (exact) mass is 205 g/mol. The largest absolute Gasteiger partial charge is 0.254 e. The second-order valence-corrected chi connectivity index (χ2v) is 3.96. The van der Waals surface area contributed by atoms with E-state index in [1.54, 1.807) is 11.8 Å². The lowest BCUT2D eigenvalue weighted by molar-refractivity contribution is 0.970. The molecule has 2 rings (SSSR count). The summed E-state index contributed by atoms with van der Waals surface area (Å²) in [5.41, 5.74) is 1.36. The van der Waals surface area contributed by atoms with Crippen molar-refractivity contribution in [3.63, 3.8) is 0 Å². The standard InChI is InChI=1S/C10H11N3S/c1-2-4-9(5-3-1)6-7-14-10-11-8-12-13-10/h1-5,8H,6-7H2,(H,11,12,13). The summed E-state index contributed by atoms with van der Waals surface area (Å²) in [6.45, 7) is 0. The second-order valence-electron chi connectivity index (χ2n) is 2.87. The van der Waals surface area contributed by atoms with E-state index in [0.29, 0.717) is 0 Å². The normalized spacial score (nSPS) is 10.3. The summed E-state index contributed by atoms with van der Waals surface area (Å²) in [4.78, 5) is 4.04. The predicted octanol–water partition coefficient (Wildman–Crippen LogP) is 2.14. The van der Waals surface area contributed by atoms with Gasteiger partial charge in [0.05, 0.1) is 0 Å². The first-order chi connectivity index (χ1) is 6.95. The minimum atomic E-state index is 0.890. The van der Waals surface area contributed by atoms with E-state index in [4.69, 9.17) is 0 Å². The van der Waals surface area contributed by atoms with E-state index in [9.17, 15) is 0 Å². The summed E-state index contributed by atoms with van der Waals surface area (Å²) in [6, 6.07) is 10.4. The molecule has 0 fully saturated rings. The lowest BCUT2D eigenvalue weighted by Crippen LogP contribution is -1.88. The molecular formula is C10H11N3S. The number of rotatable bonds is 4. The molecule has 2 aromatic rings. The number of hydrogen-bond acceptors (Lipinski definition) is 3. The molecule has 0 radical (unpaired) electrons. The van der Waals surface area contributed by atoms with Crippen LogP contribution < -0.4 is 0 Å². The van der Waals surface area contributed by atoms with Crippen molar-refractivity contribution in [2.75, 3.05) is 5.75 Å². The highest BCUT2D eigenvalue weighted by molar-refractivity contribution is 7.99. The number of nitrogens with zero attached hydrogens (tertiary/aromatic N) is 2. The number of H-pyrrole nitrogens is 1. The van der Waals surface area contributed by atoms with E-state index >= 15 is 0 Å². The zero-order valence-electron chi connectivity index (χ0n) is 7.68. The van der Waals surface area contributed by atoms with Gasteiger partial charge in [-0.3, -0.25) is 5.10 Å². The highest BCUT2D eigenvalue weighted by Crippen LogP contribution is 2.12. The first kappa shape index (κ1) is 9.27. The SMILES string of the molecule is c1ccc(CCSc2ncn[nH]2)cc1. The van der Waals surface area contributed by atoms with Crippen molar-refractivity contribution in [2.24, 2.45) is 0 Å². The number of nitrogens with one attached hydrogen (secondary N) is 1. The van der Waals surface area contributed by atoms with Crippen LogP contribution in [0, 0.1) is 0 Å². The number of aromatic nitrogens is 3. The molecule has 0 spiro atoms. The average Bonchev–Trinajstić information content (AvgIpc) is 2.72. The van der Waals surface area contributed by atoms with Crippen molar-refractivity contribution in [2.45, 2.75) is 11.6 Å². The highest BCUT2D eigenvalue weighted by atomic mass is 32.2. The van der Waals surface area contributed by atoms with Gasteiger partial charge < -0.3 is 0 Å². The summed E-state index contributed by atoms with van der Waals surface area (Å²) in [5.74, 6) is 1.03. The molecule has 0 saturated heterocycles. The van der Waals surface area contributed by atoms with Crippen LogP contribution in [0.4, 0.5) is 0 Å². The first-order valence-electron chi connectivity index (χ1n) is 4.47. The smallest absolute Gasteiger partial charge is 0.183 e. The van der Waals surface area contributed by atoms with E-state index in [0.717, 1.165) is 17.3 Å². The number of thioether (sulfide) groups is 1. The Balaban J connectivity index is 1.79. The van der Waals surface area contributed by atoms with E-state index in [2.05, 4.69) is 39.4 Å². The zero-order chi connectivity index (χ0) is 9.64. The quantitative estimate of drug-likeness (QED) is 0.777. The molecule has 1 heterocycles. The number of aryl methyl sites for hydroxylation is 1. The summed E-state index contributed by atoms with van der Waals surface area (Å²) in [5, 5.41) is 7.51. The van der Waals surface area contributed by atoms with Gasteiger partial charge in [-0.05, 0) is 12.0 Å². The summed E-state index contributed by atoms with van der Waals surface area (Å²) in [7, 11) is 0. The van der Waals surface area contributed by atoms with Crippen molar-refractivity contribution < 1.29 is 0 Å². The maximum absolute atomic E-state index is 4.04. The summed E-state index contributed by atoms with van der Waals surface area (Å²) < 4.78 is 0. The van der Waals surface area contributed by atoms with Crippen LogP contribution in [0.25, 0.3) is 0 Å². The van der Waals surface area contributed by atoms with Gasteiger partial charge in [0.15, 0.2) is 5.16 Å². The minimum Gasteiger partial charge on any atom is -0.254 e. The van der Waals surface area contributed by atoms with E-state index < -0.39 is 0 Å². The Labute approximate surface area is 87.0 Å². The van der Waals surface area contributed by atoms with Crippen molar-refractivity contribution in [1.29, 1.82) is 0 Å². The minimum absolute atomic E-state index is 0.890. The lowest BCUT2D eigenvalue weighted by Gasteiger charge is -1.98. The van der Waals surface area contributed by atoms with Gasteiger partial charge in [0.1, 0.15) is 6.33 Å². The molecule has 0 atom stereocenters. The van der Waals surface area contributed by atoms with Gasteiger partial charge in [0.25, 0.3) is 0 Å².